The summed E-state index contributed by atoms with van der Waals surface area (Å²) in [6, 6.07) is 12.0. The zero-order valence-corrected chi connectivity index (χ0v) is 10.8. The molecule has 0 heterocycles. The van der Waals surface area contributed by atoms with Gasteiger partial charge in [0.05, 0.1) is 6.10 Å². The minimum Gasteiger partial charge on any atom is -0.388 e. The second-order valence-corrected chi connectivity index (χ2v) is 4.78. The number of hydrogen-bond acceptors (Lipinski definition) is 1. The number of rotatable bonds is 3. The topological polar surface area (TPSA) is 20.2 Å². The maximum absolute atomic E-state index is 12.9. The van der Waals surface area contributed by atoms with E-state index in [0.717, 1.165) is 11.1 Å². The van der Waals surface area contributed by atoms with Gasteiger partial charge in [-0.15, -0.1) is 0 Å². The molecule has 3 heteroatoms. The first kappa shape index (κ1) is 13.1. The first-order chi connectivity index (χ1) is 8.56. The van der Waals surface area contributed by atoms with E-state index < -0.39 is 11.9 Å². The predicted octanol–water partition coefficient (Wildman–Crippen LogP) is 4.06. The van der Waals surface area contributed by atoms with Crippen molar-refractivity contribution < 1.29 is 9.50 Å². The minimum atomic E-state index is -0.722. The molecule has 18 heavy (non-hydrogen) atoms. The molecule has 0 aromatic heterocycles. The van der Waals surface area contributed by atoms with Crippen LogP contribution in [-0.2, 0) is 6.42 Å². The van der Waals surface area contributed by atoms with Crippen LogP contribution in [0.5, 0.6) is 0 Å². The smallest absolute Gasteiger partial charge is 0.124 e. The Morgan fingerprint density at radius 1 is 1.22 bits per heavy atom. The van der Waals surface area contributed by atoms with Crippen LogP contribution in [0.2, 0.25) is 5.02 Å². The fourth-order valence-electron chi connectivity index (χ4n) is 1.94. The van der Waals surface area contributed by atoms with E-state index in [-0.39, 0.29) is 5.02 Å². The van der Waals surface area contributed by atoms with E-state index >= 15 is 0 Å². The molecule has 0 saturated heterocycles. The molecule has 0 radical (unpaired) electrons. The molecule has 0 bridgehead atoms. The quantitative estimate of drug-likeness (QED) is 0.886. The molecule has 94 valence electrons. The minimum absolute atomic E-state index is 0.259. The van der Waals surface area contributed by atoms with Crippen LogP contribution in [0.4, 0.5) is 4.39 Å². The fourth-order valence-corrected chi connectivity index (χ4v) is 2.24. The molecule has 1 unspecified atom stereocenters. The van der Waals surface area contributed by atoms with Crippen molar-refractivity contribution in [1.29, 1.82) is 0 Å². The summed E-state index contributed by atoms with van der Waals surface area (Å²) in [7, 11) is 0. The van der Waals surface area contributed by atoms with Crippen LogP contribution in [-0.4, -0.2) is 5.11 Å². The van der Waals surface area contributed by atoms with E-state index in [0.29, 0.717) is 12.0 Å². The Hall–Kier alpha value is -1.38. The summed E-state index contributed by atoms with van der Waals surface area (Å²) in [6.45, 7) is 2.00. The molecule has 0 saturated carbocycles. The van der Waals surface area contributed by atoms with Crippen LogP contribution < -0.4 is 0 Å². The van der Waals surface area contributed by atoms with Gasteiger partial charge in [-0.05, 0) is 30.2 Å². The van der Waals surface area contributed by atoms with Crippen LogP contribution in [0.1, 0.15) is 22.8 Å². The van der Waals surface area contributed by atoms with E-state index in [9.17, 15) is 9.50 Å². The number of benzene rings is 2. The third-order valence-corrected chi connectivity index (χ3v) is 3.16. The van der Waals surface area contributed by atoms with Crippen molar-refractivity contribution in [3.63, 3.8) is 0 Å². The zero-order valence-electron chi connectivity index (χ0n) is 10.0. The normalized spacial score (nSPS) is 12.4. The molecule has 0 spiro atoms. The molecule has 2 rings (SSSR count). The fraction of sp³-hybridized carbons (Fsp3) is 0.200. The molecule has 0 fully saturated rings. The molecular formula is C15H14ClFO. The first-order valence-corrected chi connectivity index (χ1v) is 6.12. The van der Waals surface area contributed by atoms with Gasteiger partial charge in [0.15, 0.2) is 0 Å². The van der Waals surface area contributed by atoms with E-state index in [1.54, 1.807) is 0 Å². The second kappa shape index (κ2) is 5.51. The Bertz CT molecular complexity index is 554. The van der Waals surface area contributed by atoms with Gasteiger partial charge in [-0.25, -0.2) is 4.39 Å². The Morgan fingerprint density at radius 3 is 2.67 bits per heavy atom. The lowest BCUT2D eigenvalue weighted by atomic mass is 10.0. The van der Waals surface area contributed by atoms with Crippen LogP contribution in [0.3, 0.4) is 0 Å². The van der Waals surface area contributed by atoms with Gasteiger partial charge in [-0.2, -0.15) is 0 Å². The summed E-state index contributed by atoms with van der Waals surface area (Å²) in [5, 5.41) is 10.4. The SMILES string of the molecule is Cc1cccc(CC(O)c2ccc(F)cc2Cl)c1. The third-order valence-electron chi connectivity index (χ3n) is 2.83. The van der Waals surface area contributed by atoms with Gasteiger partial charge >= 0.3 is 0 Å². The molecular weight excluding hydrogens is 251 g/mol. The maximum Gasteiger partial charge on any atom is 0.124 e. The van der Waals surface area contributed by atoms with Gasteiger partial charge < -0.3 is 5.11 Å². The van der Waals surface area contributed by atoms with Gasteiger partial charge in [0.25, 0.3) is 0 Å². The lowest BCUT2D eigenvalue weighted by molar-refractivity contribution is 0.178. The molecule has 1 atom stereocenters. The van der Waals surface area contributed by atoms with Gasteiger partial charge in [-0.3, -0.25) is 0 Å². The van der Waals surface area contributed by atoms with Crippen molar-refractivity contribution in [3.05, 3.63) is 70.0 Å². The van der Waals surface area contributed by atoms with Crippen LogP contribution in [0.25, 0.3) is 0 Å². The third kappa shape index (κ3) is 3.09. The highest BCUT2D eigenvalue weighted by Crippen LogP contribution is 2.26. The summed E-state index contributed by atoms with van der Waals surface area (Å²) in [5.74, 6) is -0.397. The summed E-state index contributed by atoms with van der Waals surface area (Å²) < 4.78 is 12.9. The number of halogens is 2. The van der Waals surface area contributed by atoms with Crippen molar-refractivity contribution in [3.8, 4) is 0 Å². The molecule has 1 N–H and O–H groups in total. The lowest BCUT2D eigenvalue weighted by Crippen LogP contribution is -2.03. The van der Waals surface area contributed by atoms with Crippen LogP contribution in [0.15, 0.2) is 42.5 Å². The summed E-state index contributed by atoms with van der Waals surface area (Å²) in [5.41, 5.74) is 2.73. The monoisotopic (exact) mass is 264 g/mol. The number of aryl methyl sites for hydroxylation is 1. The Balaban J connectivity index is 2.19. The van der Waals surface area contributed by atoms with Crippen molar-refractivity contribution in [1.82, 2.24) is 0 Å². The molecule has 0 amide bonds. The highest BCUT2D eigenvalue weighted by atomic mass is 35.5. The number of hydrogen-bond donors (Lipinski definition) is 1. The first-order valence-electron chi connectivity index (χ1n) is 5.75. The van der Waals surface area contributed by atoms with E-state index in [1.807, 2.05) is 31.2 Å². The van der Waals surface area contributed by atoms with Crippen LogP contribution in [0, 0.1) is 12.7 Å². The Kier molecular flexibility index (Phi) is 4.00. The predicted molar refractivity (Wildman–Crippen MR) is 71.3 cm³/mol. The standard InChI is InChI=1S/C15H14ClFO/c1-10-3-2-4-11(7-10)8-15(18)13-6-5-12(17)9-14(13)16/h2-7,9,15,18H,8H2,1H3. The van der Waals surface area contributed by atoms with Gasteiger partial charge in [0, 0.05) is 11.4 Å². The second-order valence-electron chi connectivity index (χ2n) is 4.37. The average molecular weight is 265 g/mol. The summed E-state index contributed by atoms with van der Waals surface area (Å²) in [6.07, 6.45) is -0.257. The summed E-state index contributed by atoms with van der Waals surface area (Å²) in [4.78, 5) is 0. The number of aliphatic hydroxyl groups excluding tert-OH is 1. The zero-order chi connectivity index (χ0) is 13.1. The van der Waals surface area contributed by atoms with Crippen molar-refractivity contribution in [2.24, 2.45) is 0 Å². The molecule has 0 aliphatic rings. The van der Waals surface area contributed by atoms with Crippen LogP contribution >= 0.6 is 11.6 Å². The summed E-state index contributed by atoms with van der Waals surface area (Å²) >= 11 is 5.92. The number of aliphatic hydroxyl groups is 1. The Labute approximate surface area is 111 Å². The van der Waals surface area contributed by atoms with E-state index in [4.69, 9.17) is 11.6 Å². The molecule has 0 aliphatic carbocycles. The van der Waals surface area contributed by atoms with Crippen molar-refractivity contribution in [2.75, 3.05) is 0 Å². The van der Waals surface area contributed by atoms with E-state index in [2.05, 4.69) is 0 Å². The van der Waals surface area contributed by atoms with Gasteiger partial charge in [0.2, 0.25) is 0 Å². The van der Waals surface area contributed by atoms with Gasteiger partial charge in [0.1, 0.15) is 5.82 Å². The van der Waals surface area contributed by atoms with Crippen molar-refractivity contribution in [2.45, 2.75) is 19.4 Å². The highest BCUT2D eigenvalue weighted by Gasteiger charge is 2.13. The largest absolute Gasteiger partial charge is 0.388 e. The molecule has 2 aromatic rings. The van der Waals surface area contributed by atoms with Gasteiger partial charge in [-0.1, -0.05) is 47.5 Å². The molecule has 2 aromatic carbocycles. The van der Waals surface area contributed by atoms with E-state index in [1.165, 1.54) is 18.2 Å². The molecule has 0 aliphatic heterocycles. The maximum atomic E-state index is 12.9. The Morgan fingerprint density at radius 2 is 2.00 bits per heavy atom. The van der Waals surface area contributed by atoms with Crippen molar-refractivity contribution >= 4 is 11.6 Å². The average Bonchev–Trinajstić information content (AvgIpc) is 2.28. The highest BCUT2D eigenvalue weighted by molar-refractivity contribution is 6.31. The molecule has 1 nitrogen and oxygen atoms in total. The lowest BCUT2D eigenvalue weighted by Gasteiger charge is -2.13.